The predicted octanol–water partition coefficient (Wildman–Crippen LogP) is 4.05. The molecule has 3 heterocycles. The van der Waals surface area contributed by atoms with Gasteiger partial charge in [0.25, 0.3) is 0 Å². The number of amides is 3. The van der Waals surface area contributed by atoms with Gasteiger partial charge < -0.3 is 19.4 Å². The van der Waals surface area contributed by atoms with Crippen LogP contribution in [0.15, 0.2) is 71.5 Å². The monoisotopic (exact) mass is 502 g/mol. The van der Waals surface area contributed by atoms with E-state index in [2.05, 4.69) is 29.4 Å². The highest BCUT2D eigenvalue weighted by Crippen LogP contribution is 2.22. The lowest BCUT2D eigenvalue weighted by molar-refractivity contribution is -0.132. The summed E-state index contributed by atoms with van der Waals surface area (Å²) in [6, 6.07) is 17.9. The molecule has 0 saturated carbocycles. The molecule has 3 amide bonds. The van der Waals surface area contributed by atoms with Gasteiger partial charge in [-0.3, -0.25) is 14.6 Å². The number of furan rings is 1. The summed E-state index contributed by atoms with van der Waals surface area (Å²) in [4.78, 5) is 30.6. The topological polar surface area (TPSA) is 78.3 Å². The van der Waals surface area contributed by atoms with Crippen LogP contribution in [0.2, 0.25) is 0 Å². The molecule has 2 fully saturated rings. The Bertz CT molecular complexity index is 1190. The van der Waals surface area contributed by atoms with Crippen molar-refractivity contribution in [3.8, 4) is 5.75 Å². The van der Waals surface area contributed by atoms with E-state index in [1.807, 2.05) is 47.4 Å². The first-order chi connectivity index (χ1) is 18.0. The number of hydrogen-bond acceptors (Lipinski definition) is 5. The molecule has 3 aromatic rings. The van der Waals surface area contributed by atoms with E-state index in [4.69, 9.17) is 9.15 Å². The summed E-state index contributed by atoms with van der Waals surface area (Å²) in [5.41, 5.74) is 4.18. The van der Waals surface area contributed by atoms with Gasteiger partial charge in [-0.15, -0.1) is 0 Å². The molecule has 2 aliphatic heterocycles. The molecule has 2 aliphatic rings. The van der Waals surface area contributed by atoms with Gasteiger partial charge in [-0.2, -0.15) is 0 Å². The maximum Gasteiger partial charge on any atom is 0.321 e. The fourth-order valence-electron chi connectivity index (χ4n) is 4.99. The van der Waals surface area contributed by atoms with Crippen LogP contribution in [0.4, 0.5) is 10.5 Å². The van der Waals surface area contributed by atoms with Crippen molar-refractivity contribution in [1.29, 1.82) is 0 Å². The smallest absolute Gasteiger partial charge is 0.321 e. The highest BCUT2D eigenvalue weighted by molar-refractivity contribution is 5.94. The number of anilines is 1. The number of ether oxygens (including phenoxy) is 1. The van der Waals surface area contributed by atoms with Crippen LogP contribution in [0.1, 0.15) is 29.5 Å². The molecule has 1 N–H and O–H groups in total. The van der Waals surface area contributed by atoms with Crippen LogP contribution in [0.25, 0.3) is 0 Å². The van der Waals surface area contributed by atoms with Gasteiger partial charge in [-0.1, -0.05) is 24.3 Å². The summed E-state index contributed by atoms with van der Waals surface area (Å²) in [7, 11) is 2.09. The Hall–Kier alpha value is -3.78. The maximum atomic E-state index is 12.9. The zero-order chi connectivity index (χ0) is 25.6. The number of carbonyl (C=O) groups is 2. The lowest BCUT2D eigenvalue weighted by Gasteiger charge is -2.32. The molecular weight excluding hydrogens is 468 g/mol. The first kappa shape index (κ1) is 24.9. The van der Waals surface area contributed by atoms with Crippen LogP contribution in [0, 0.1) is 0 Å². The maximum absolute atomic E-state index is 12.9. The first-order valence-electron chi connectivity index (χ1n) is 12.9. The van der Waals surface area contributed by atoms with E-state index in [1.165, 1.54) is 5.56 Å². The second-order valence-electron chi connectivity index (χ2n) is 9.88. The van der Waals surface area contributed by atoms with Crippen LogP contribution < -0.4 is 15.0 Å². The molecule has 0 aliphatic carbocycles. The lowest BCUT2D eigenvalue weighted by atomic mass is 10.1. The summed E-state index contributed by atoms with van der Waals surface area (Å²) in [5.74, 6) is 1.01. The third kappa shape index (κ3) is 6.51. The van der Waals surface area contributed by atoms with Gasteiger partial charge in [0.05, 0.1) is 18.9 Å². The molecule has 37 heavy (non-hydrogen) atoms. The summed E-state index contributed by atoms with van der Waals surface area (Å²) >= 11 is 0. The number of nitrogens with one attached hydrogen (secondary N) is 1. The Morgan fingerprint density at radius 1 is 1.03 bits per heavy atom. The minimum absolute atomic E-state index is 0.0710. The molecule has 0 spiro atoms. The third-order valence-corrected chi connectivity index (χ3v) is 6.94. The fourth-order valence-corrected chi connectivity index (χ4v) is 4.99. The second kappa shape index (κ2) is 11.5. The van der Waals surface area contributed by atoms with Gasteiger partial charge in [0.1, 0.15) is 11.9 Å². The molecule has 5 rings (SSSR count). The average Bonchev–Trinajstić information content (AvgIpc) is 3.57. The van der Waals surface area contributed by atoms with E-state index in [1.54, 1.807) is 17.4 Å². The highest BCUT2D eigenvalue weighted by atomic mass is 16.5. The zero-order valence-corrected chi connectivity index (χ0v) is 21.3. The van der Waals surface area contributed by atoms with Crippen LogP contribution in [0.3, 0.4) is 0 Å². The Kier molecular flexibility index (Phi) is 7.75. The number of likely N-dealkylation sites (tertiary alicyclic amines) is 1. The van der Waals surface area contributed by atoms with Crippen LogP contribution >= 0.6 is 0 Å². The first-order valence-corrected chi connectivity index (χ1v) is 12.9. The minimum Gasteiger partial charge on any atom is -0.490 e. The SMILES string of the molecule is CN(Cc1ccoc1)Cc1cccc(OC2CCN(C(=O)Cc3ccc(N4CCNC4=O)cc3)CC2)c1. The number of nitrogens with zero attached hydrogens (tertiary/aromatic N) is 3. The normalized spacial score (nSPS) is 16.3. The summed E-state index contributed by atoms with van der Waals surface area (Å²) in [6.45, 7) is 4.37. The van der Waals surface area contributed by atoms with Crippen molar-refractivity contribution in [2.75, 3.05) is 38.1 Å². The number of urea groups is 1. The fraction of sp³-hybridized carbons (Fsp3) is 0.379. The third-order valence-electron chi connectivity index (χ3n) is 6.94. The van der Waals surface area contributed by atoms with Crippen LogP contribution in [0.5, 0.6) is 5.75 Å². The summed E-state index contributed by atoms with van der Waals surface area (Å²) in [6.07, 6.45) is 5.59. The van der Waals surface area contributed by atoms with Crippen molar-refractivity contribution in [2.45, 2.75) is 38.5 Å². The molecule has 0 bridgehead atoms. The number of rotatable bonds is 9. The Labute approximate surface area is 217 Å². The lowest BCUT2D eigenvalue weighted by Crippen LogP contribution is -2.42. The summed E-state index contributed by atoms with van der Waals surface area (Å²) < 4.78 is 11.5. The van der Waals surface area contributed by atoms with Crippen molar-refractivity contribution in [1.82, 2.24) is 15.1 Å². The average molecular weight is 503 g/mol. The number of benzene rings is 2. The predicted molar refractivity (Wildman–Crippen MR) is 141 cm³/mol. The number of hydrogen-bond donors (Lipinski definition) is 1. The van der Waals surface area contributed by atoms with E-state index >= 15 is 0 Å². The molecule has 1 aromatic heterocycles. The number of carbonyl (C=O) groups excluding carboxylic acids is 2. The standard InChI is InChI=1S/C29H34N4O4/c1-31(20-24-11-16-36-21-24)19-23-3-2-4-27(17-23)37-26-9-13-32(14-10-26)28(34)18-22-5-7-25(8-6-22)33-15-12-30-29(33)35/h2-8,11,16-17,21,26H,9-10,12-15,18-20H2,1H3,(H,30,35). The van der Waals surface area contributed by atoms with Crippen molar-refractivity contribution < 1.29 is 18.7 Å². The van der Waals surface area contributed by atoms with Crippen LogP contribution in [-0.4, -0.2) is 61.1 Å². The van der Waals surface area contributed by atoms with E-state index in [9.17, 15) is 9.59 Å². The molecule has 0 unspecified atom stereocenters. The molecule has 2 saturated heterocycles. The molecule has 8 nitrogen and oxygen atoms in total. The molecular formula is C29H34N4O4. The van der Waals surface area contributed by atoms with E-state index in [-0.39, 0.29) is 18.0 Å². The Morgan fingerprint density at radius 3 is 2.51 bits per heavy atom. The van der Waals surface area contributed by atoms with E-state index in [0.717, 1.165) is 48.5 Å². The van der Waals surface area contributed by atoms with Gasteiger partial charge in [-0.25, -0.2) is 4.79 Å². The number of piperidine rings is 1. The summed E-state index contributed by atoms with van der Waals surface area (Å²) in [5, 5.41) is 2.80. The van der Waals surface area contributed by atoms with Crippen molar-refractivity contribution in [2.24, 2.45) is 0 Å². The zero-order valence-electron chi connectivity index (χ0n) is 21.3. The van der Waals surface area contributed by atoms with Crippen molar-refractivity contribution in [3.63, 3.8) is 0 Å². The molecule has 2 aromatic carbocycles. The quantitative estimate of drug-likeness (QED) is 0.478. The largest absolute Gasteiger partial charge is 0.490 e. The highest BCUT2D eigenvalue weighted by Gasteiger charge is 2.25. The second-order valence-corrected chi connectivity index (χ2v) is 9.88. The minimum atomic E-state index is -0.0710. The van der Waals surface area contributed by atoms with Crippen molar-refractivity contribution in [3.05, 3.63) is 83.8 Å². The van der Waals surface area contributed by atoms with Crippen LogP contribution in [-0.2, 0) is 24.3 Å². The van der Waals surface area contributed by atoms with E-state index in [0.29, 0.717) is 32.6 Å². The molecule has 8 heteroatoms. The van der Waals surface area contributed by atoms with Gasteiger partial charge in [0, 0.05) is 63.4 Å². The van der Waals surface area contributed by atoms with Gasteiger partial charge in [0.2, 0.25) is 5.91 Å². The van der Waals surface area contributed by atoms with Crippen molar-refractivity contribution >= 4 is 17.6 Å². The Morgan fingerprint density at radius 2 is 1.81 bits per heavy atom. The molecule has 0 atom stereocenters. The molecule has 0 radical (unpaired) electrons. The van der Waals surface area contributed by atoms with Gasteiger partial charge in [0.15, 0.2) is 0 Å². The van der Waals surface area contributed by atoms with E-state index < -0.39 is 0 Å². The molecule has 194 valence electrons. The van der Waals surface area contributed by atoms with Gasteiger partial charge in [-0.05, 0) is 48.5 Å². The van der Waals surface area contributed by atoms with Gasteiger partial charge >= 0.3 is 6.03 Å². The Balaban J connectivity index is 1.07.